The highest BCUT2D eigenvalue weighted by Crippen LogP contribution is 2.33. The highest BCUT2D eigenvalue weighted by molar-refractivity contribution is 6.42. The van der Waals surface area contributed by atoms with E-state index in [0.717, 1.165) is 5.56 Å². The van der Waals surface area contributed by atoms with Gasteiger partial charge in [0.1, 0.15) is 11.5 Å². The molecular formula is C18H13Cl3FNO2. The quantitative estimate of drug-likeness (QED) is 0.506. The lowest BCUT2D eigenvalue weighted by Gasteiger charge is -2.11. The van der Waals surface area contributed by atoms with Crippen molar-refractivity contribution < 1.29 is 13.9 Å². The summed E-state index contributed by atoms with van der Waals surface area (Å²) < 4.78 is 20.4. The molecule has 130 valence electrons. The lowest BCUT2D eigenvalue weighted by atomic mass is 10.2. The molecule has 0 amide bonds. The first-order valence-corrected chi connectivity index (χ1v) is 8.64. The predicted octanol–water partition coefficient (Wildman–Crippen LogP) is 5.97. The highest BCUT2D eigenvalue weighted by Gasteiger charge is 2.23. The van der Waals surface area contributed by atoms with Gasteiger partial charge in [0.25, 0.3) is 0 Å². The normalized spacial score (nSPS) is 11.1. The van der Waals surface area contributed by atoms with E-state index in [4.69, 9.17) is 39.5 Å². The van der Waals surface area contributed by atoms with Gasteiger partial charge in [-0.05, 0) is 42.8 Å². The standard InChI is InChI=1S/C18H13Cl3FNO2/c1-2-25-18(24)17-16(21)12-8-11(22)4-6-15(12)23(17)9-10-3-5-13(19)14(20)7-10/h3-8H,2,9H2,1H3. The Morgan fingerprint density at radius 3 is 2.56 bits per heavy atom. The molecule has 0 aliphatic heterocycles. The molecule has 0 aliphatic rings. The van der Waals surface area contributed by atoms with Crippen LogP contribution in [-0.2, 0) is 11.3 Å². The van der Waals surface area contributed by atoms with E-state index in [2.05, 4.69) is 0 Å². The molecular weight excluding hydrogens is 388 g/mol. The van der Waals surface area contributed by atoms with Crippen LogP contribution in [0.1, 0.15) is 23.0 Å². The summed E-state index contributed by atoms with van der Waals surface area (Å²) >= 11 is 18.4. The van der Waals surface area contributed by atoms with Crippen LogP contribution in [0, 0.1) is 5.82 Å². The molecule has 3 rings (SSSR count). The van der Waals surface area contributed by atoms with Gasteiger partial charge in [0.15, 0.2) is 0 Å². The van der Waals surface area contributed by atoms with E-state index in [0.29, 0.717) is 27.5 Å². The number of benzene rings is 2. The Morgan fingerprint density at radius 1 is 1.12 bits per heavy atom. The van der Waals surface area contributed by atoms with Gasteiger partial charge in [-0.1, -0.05) is 40.9 Å². The van der Waals surface area contributed by atoms with Gasteiger partial charge in [-0.15, -0.1) is 0 Å². The fourth-order valence-corrected chi connectivity index (χ4v) is 3.32. The molecule has 0 unspecified atom stereocenters. The molecule has 0 spiro atoms. The molecule has 0 N–H and O–H groups in total. The molecule has 1 heterocycles. The average molecular weight is 401 g/mol. The van der Waals surface area contributed by atoms with Crippen molar-refractivity contribution in [3.8, 4) is 0 Å². The first-order valence-electron chi connectivity index (χ1n) is 7.50. The van der Waals surface area contributed by atoms with Gasteiger partial charge in [0, 0.05) is 11.9 Å². The number of aromatic nitrogens is 1. The number of rotatable bonds is 4. The molecule has 0 atom stereocenters. The molecule has 1 aromatic heterocycles. The van der Waals surface area contributed by atoms with Gasteiger partial charge in [-0.3, -0.25) is 0 Å². The molecule has 25 heavy (non-hydrogen) atoms. The van der Waals surface area contributed by atoms with Gasteiger partial charge in [-0.2, -0.15) is 0 Å². The largest absolute Gasteiger partial charge is 0.461 e. The van der Waals surface area contributed by atoms with Crippen LogP contribution in [0.25, 0.3) is 10.9 Å². The van der Waals surface area contributed by atoms with Gasteiger partial charge in [-0.25, -0.2) is 9.18 Å². The Kier molecular flexibility index (Phi) is 5.23. The van der Waals surface area contributed by atoms with Crippen molar-refractivity contribution in [2.75, 3.05) is 6.61 Å². The number of fused-ring (bicyclic) bond motifs is 1. The Morgan fingerprint density at radius 2 is 1.88 bits per heavy atom. The molecule has 0 saturated heterocycles. The number of nitrogens with zero attached hydrogens (tertiary/aromatic N) is 1. The summed E-state index contributed by atoms with van der Waals surface area (Å²) in [5.74, 6) is -0.999. The van der Waals surface area contributed by atoms with E-state index in [9.17, 15) is 9.18 Å². The first-order chi connectivity index (χ1) is 11.9. The van der Waals surface area contributed by atoms with E-state index in [1.165, 1.54) is 12.1 Å². The van der Waals surface area contributed by atoms with Crippen LogP contribution in [0.5, 0.6) is 0 Å². The van der Waals surface area contributed by atoms with Crippen molar-refractivity contribution in [2.24, 2.45) is 0 Å². The lowest BCUT2D eigenvalue weighted by Crippen LogP contribution is -2.13. The maximum Gasteiger partial charge on any atom is 0.356 e. The predicted molar refractivity (Wildman–Crippen MR) is 98.4 cm³/mol. The number of hydrogen-bond acceptors (Lipinski definition) is 2. The summed E-state index contributed by atoms with van der Waals surface area (Å²) in [5, 5.41) is 1.46. The van der Waals surface area contributed by atoms with Gasteiger partial charge in [0.2, 0.25) is 0 Å². The molecule has 3 nitrogen and oxygen atoms in total. The van der Waals surface area contributed by atoms with Crippen molar-refractivity contribution >= 4 is 51.7 Å². The molecule has 2 aromatic carbocycles. The van der Waals surface area contributed by atoms with Crippen molar-refractivity contribution in [3.05, 3.63) is 68.5 Å². The van der Waals surface area contributed by atoms with Crippen molar-refractivity contribution in [1.82, 2.24) is 4.57 Å². The smallest absolute Gasteiger partial charge is 0.356 e. The Labute approximate surface area is 158 Å². The fourth-order valence-electron chi connectivity index (χ4n) is 2.67. The minimum atomic E-state index is -0.566. The van der Waals surface area contributed by atoms with Crippen molar-refractivity contribution in [2.45, 2.75) is 13.5 Å². The third-order valence-corrected chi connectivity index (χ3v) is 4.88. The zero-order valence-corrected chi connectivity index (χ0v) is 15.4. The van der Waals surface area contributed by atoms with Gasteiger partial charge >= 0.3 is 5.97 Å². The Bertz CT molecular complexity index is 969. The molecule has 0 bridgehead atoms. The zero-order valence-electron chi connectivity index (χ0n) is 13.2. The molecule has 0 fully saturated rings. The summed E-state index contributed by atoms with van der Waals surface area (Å²) in [6.45, 7) is 2.22. The summed E-state index contributed by atoms with van der Waals surface area (Å²) in [6.07, 6.45) is 0. The van der Waals surface area contributed by atoms with Crippen LogP contribution in [0.15, 0.2) is 36.4 Å². The highest BCUT2D eigenvalue weighted by atomic mass is 35.5. The van der Waals surface area contributed by atoms with E-state index in [1.54, 1.807) is 35.8 Å². The van der Waals surface area contributed by atoms with Crippen LogP contribution in [-0.4, -0.2) is 17.1 Å². The SMILES string of the molecule is CCOC(=O)c1c(Cl)c2cc(F)ccc2n1Cc1ccc(Cl)c(Cl)c1. The lowest BCUT2D eigenvalue weighted by molar-refractivity contribution is 0.0515. The monoisotopic (exact) mass is 399 g/mol. The van der Waals surface area contributed by atoms with Gasteiger partial charge in [0.05, 0.1) is 27.2 Å². The molecule has 7 heteroatoms. The second-order valence-electron chi connectivity index (χ2n) is 5.38. The van der Waals surface area contributed by atoms with E-state index in [1.807, 2.05) is 0 Å². The molecule has 3 aromatic rings. The number of hydrogen-bond donors (Lipinski definition) is 0. The minimum Gasteiger partial charge on any atom is -0.461 e. The summed E-state index contributed by atoms with van der Waals surface area (Å²) in [5.41, 5.74) is 1.62. The Hall–Kier alpha value is -1.75. The van der Waals surface area contributed by atoms with Crippen LogP contribution >= 0.6 is 34.8 Å². The summed E-state index contributed by atoms with van der Waals surface area (Å²) in [7, 11) is 0. The summed E-state index contributed by atoms with van der Waals surface area (Å²) in [4.78, 5) is 12.4. The van der Waals surface area contributed by atoms with E-state index >= 15 is 0 Å². The number of carbonyl (C=O) groups is 1. The maximum atomic E-state index is 13.6. The third-order valence-electron chi connectivity index (χ3n) is 3.76. The maximum absolute atomic E-state index is 13.6. The van der Waals surface area contributed by atoms with E-state index < -0.39 is 11.8 Å². The second-order valence-corrected chi connectivity index (χ2v) is 6.57. The number of ether oxygens (including phenoxy) is 1. The Balaban J connectivity index is 2.18. The first kappa shape index (κ1) is 18.1. The van der Waals surface area contributed by atoms with Crippen LogP contribution < -0.4 is 0 Å². The number of esters is 1. The average Bonchev–Trinajstić information content (AvgIpc) is 2.83. The van der Waals surface area contributed by atoms with Crippen molar-refractivity contribution in [3.63, 3.8) is 0 Å². The molecule has 0 radical (unpaired) electrons. The van der Waals surface area contributed by atoms with Gasteiger partial charge < -0.3 is 9.30 Å². The minimum absolute atomic E-state index is 0.160. The zero-order chi connectivity index (χ0) is 18.1. The van der Waals surface area contributed by atoms with Crippen LogP contribution in [0.4, 0.5) is 4.39 Å². The second kappa shape index (κ2) is 7.24. The third kappa shape index (κ3) is 3.47. The molecule has 0 saturated carbocycles. The summed E-state index contributed by atoms with van der Waals surface area (Å²) in [6, 6.07) is 9.38. The molecule has 0 aliphatic carbocycles. The van der Waals surface area contributed by atoms with Crippen LogP contribution in [0.2, 0.25) is 15.1 Å². The fraction of sp³-hybridized carbons (Fsp3) is 0.167. The number of halogens is 4. The van der Waals surface area contributed by atoms with Crippen molar-refractivity contribution in [1.29, 1.82) is 0 Å². The van der Waals surface area contributed by atoms with E-state index in [-0.39, 0.29) is 17.3 Å². The van der Waals surface area contributed by atoms with Crippen LogP contribution in [0.3, 0.4) is 0 Å². The topological polar surface area (TPSA) is 31.2 Å². The number of carbonyl (C=O) groups excluding carboxylic acids is 1.